The van der Waals surface area contributed by atoms with E-state index in [4.69, 9.17) is 9.47 Å². The molecule has 1 aromatic heterocycles. The highest BCUT2D eigenvalue weighted by Gasteiger charge is 2.14. The van der Waals surface area contributed by atoms with E-state index in [1.807, 2.05) is 48.5 Å². The molecule has 0 unspecified atom stereocenters. The number of carbonyl (C=O) groups is 1. The van der Waals surface area contributed by atoms with Crippen molar-refractivity contribution in [1.29, 1.82) is 0 Å². The molecule has 1 aliphatic rings. The summed E-state index contributed by atoms with van der Waals surface area (Å²) in [6, 6.07) is 18.7. The van der Waals surface area contributed by atoms with Crippen LogP contribution in [0.2, 0.25) is 0 Å². The Balaban J connectivity index is 1.33. The Morgan fingerprint density at radius 1 is 0.967 bits per heavy atom. The first-order chi connectivity index (χ1) is 14.7. The van der Waals surface area contributed by atoms with Gasteiger partial charge < -0.3 is 19.7 Å². The zero-order valence-corrected chi connectivity index (χ0v) is 16.9. The monoisotopic (exact) mass is 404 g/mol. The number of nitrogens with one attached hydrogen (secondary N) is 1. The van der Waals surface area contributed by atoms with Gasteiger partial charge in [0.05, 0.1) is 12.8 Å². The van der Waals surface area contributed by atoms with Crippen LogP contribution < -0.4 is 19.7 Å². The van der Waals surface area contributed by atoms with Crippen molar-refractivity contribution in [3.8, 4) is 22.8 Å². The topological polar surface area (TPSA) is 76.6 Å². The Bertz CT molecular complexity index is 984. The maximum Gasteiger partial charge on any atom is 0.262 e. The van der Waals surface area contributed by atoms with Gasteiger partial charge in [-0.1, -0.05) is 24.3 Å². The first-order valence-electron chi connectivity index (χ1n) is 9.98. The number of nitrogens with zero attached hydrogens (tertiary/aromatic N) is 3. The van der Waals surface area contributed by atoms with Crippen LogP contribution in [0.15, 0.2) is 60.7 Å². The number of carbonyl (C=O) groups excluding carboxylic acids is 1. The maximum atomic E-state index is 12.2. The first kappa shape index (κ1) is 19.7. The Morgan fingerprint density at radius 3 is 2.37 bits per heavy atom. The molecule has 1 fully saturated rings. The molecule has 1 aliphatic heterocycles. The van der Waals surface area contributed by atoms with E-state index in [-0.39, 0.29) is 12.5 Å². The maximum absolute atomic E-state index is 12.2. The highest BCUT2D eigenvalue weighted by atomic mass is 16.5. The van der Waals surface area contributed by atoms with Crippen molar-refractivity contribution in [3.05, 3.63) is 60.7 Å². The summed E-state index contributed by atoms with van der Waals surface area (Å²) >= 11 is 0. The van der Waals surface area contributed by atoms with Gasteiger partial charge in [-0.2, -0.15) is 0 Å². The second-order valence-corrected chi connectivity index (χ2v) is 7.04. The van der Waals surface area contributed by atoms with Crippen LogP contribution in [-0.4, -0.2) is 42.9 Å². The van der Waals surface area contributed by atoms with Crippen molar-refractivity contribution < 1.29 is 14.3 Å². The van der Waals surface area contributed by atoms with Gasteiger partial charge >= 0.3 is 0 Å². The summed E-state index contributed by atoms with van der Waals surface area (Å²) < 4.78 is 10.8. The summed E-state index contributed by atoms with van der Waals surface area (Å²) in [5.74, 6) is 1.80. The smallest absolute Gasteiger partial charge is 0.262 e. The van der Waals surface area contributed by atoms with Crippen LogP contribution in [0.25, 0.3) is 11.3 Å². The second kappa shape index (κ2) is 9.26. The third-order valence-corrected chi connectivity index (χ3v) is 4.97. The number of anilines is 2. The molecular formula is C23H24N4O3. The molecule has 1 saturated heterocycles. The van der Waals surface area contributed by atoms with E-state index < -0.39 is 0 Å². The molecule has 0 radical (unpaired) electrons. The largest absolute Gasteiger partial charge is 0.493 e. The Hall–Kier alpha value is -3.61. The Labute approximate surface area is 175 Å². The van der Waals surface area contributed by atoms with Crippen molar-refractivity contribution in [2.24, 2.45) is 0 Å². The lowest BCUT2D eigenvalue weighted by Gasteiger charge is -2.15. The van der Waals surface area contributed by atoms with Gasteiger partial charge in [0.1, 0.15) is 0 Å². The van der Waals surface area contributed by atoms with E-state index >= 15 is 0 Å². The summed E-state index contributed by atoms with van der Waals surface area (Å²) in [7, 11) is 1.56. The fraction of sp³-hybridized carbons (Fsp3) is 0.261. The molecular weight excluding hydrogens is 380 g/mol. The molecule has 2 heterocycles. The number of aromatic nitrogens is 2. The third kappa shape index (κ3) is 4.68. The highest BCUT2D eigenvalue weighted by Crippen LogP contribution is 2.26. The molecule has 3 aromatic rings. The number of ether oxygens (including phenoxy) is 2. The predicted molar refractivity (Wildman–Crippen MR) is 116 cm³/mol. The minimum absolute atomic E-state index is 0.106. The zero-order chi connectivity index (χ0) is 20.8. The van der Waals surface area contributed by atoms with Crippen molar-refractivity contribution in [2.75, 3.05) is 37.0 Å². The molecule has 1 N–H and O–H groups in total. The molecule has 30 heavy (non-hydrogen) atoms. The predicted octanol–water partition coefficient (Wildman–Crippen LogP) is 3.77. The molecule has 0 saturated carbocycles. The van der Waals surface area contributed by atoms with Crippen molar-refractivity contribution >= 4 is 17.4 Å². The average Bonchev–Trinajstić information content (AvgIpc) is 3.33. The van der Waals surface area contributed by atoms with Gasteiger partial charge in [0.2, 0.25) is 0 Å². The molecule has 0 atom stereocenters. The Kier molecular flexibility index (Phi) is 6.08. The molecule has 0 bridgehead atoms. The fourth-order valence-corrected chi connectivity index (χ4v) is 3.40. The zero-order valence-electron chi connectivity index (χ0n) is 16.9. The Morgan fingerprint density at radius 2 is 1.70 bits per heavy atom. The summed E-state index contributed by atoms with van der Waals surface area (Å²) in [6.07, 6.45) is 2.42. The lowest BCUT2D eigenvalue weighted by Crippen LogP contribution is -2.20. The molecule has 1 amide bonds. The van der Waals surface area contributed by atoms with Crippen LogP contribution in [0.3, 0.4) is 0 Å². The molecule has 4 rings (SSSR count). The number of amides is 1. The molecule has 7 heteroatoms. The van der Waals surface area contributed by atoms with Crippen molar-refractivity contribution in [1.82, 2.24) is 10.2 Å². The molecule has 0 spiro atoms. The summed E-state index contributed by atoms with van der Waals surface area (Å²) in [4.78, 5) is 14.5. The van der Waals surface area contributed by atoms with E-state index in [0.29, 0.717) is 17.2 Å². The molecule has 7 nitrogen and oxygen atoms in total. The first-order valence-corrected chi connectivity index (χ1v) is 9.98. The number of hydrogen-bond acceptors (Lipinski definition) is 6. The molecule has 0 aliphatic carbocycles. The number of rotatable bonds is 7. The summed E-state index contributed by atoms with van der Waals surface area (Å²) in [5.41, 5.74) is 2.43. The van der Waals surface area contributed by atoms with Crippen LogP contribution in [0.1, 0.15) is 12.8 Å². The number of hydrogen-bond donors (Lipinski definition) is 1. The fourth-order valence-electron chi connectivity index (χ4n) is 3.40. The molecule has 2 aromatic carbocycles. The van der Waals surface area contributed by atoms with Crippen molar-refractivity contribution in [3.63, 3.8) is 0 Å². The number of methoxy groups -OCH3 is 1. The van der Waals surface area contributed by atoms with Crippen LogP contribution >= 0.6 is 0 Å². The van der Waals surface area contributed by atoms with Gasteiger partial charge in [-0.05, 0) is 49.2 Å². The van der Waals surface area contributed by atoms with E-state index in [2.05, 4.69) is 20.4 Å². The van der Waals surface area contributed by atoms with Gasteiger partial charge in [-0.15, -0.1) is 10.2 Å². The lowest BCUT2D eigenvalue weighted by molar-refractivity contribution is -0.118. The van der Waals surface area contributed by atoms with Crippen molar-refractivity contribution in [2.45, 2.75) is 12.8 Å². The average molecular weight is 404 g/mol. The standard InChI is InChI=1S/C23H24N4O3/c1-29-20-6-2-3-7-21(20)30-16-23(28)24-18-10-8-17(9-11-18)19-12-13-22(26-25-19)27-14-4-5-15-27/h2-3,6-13H,4-5,14-16H2,1H3,(H,24,28). The SMILES string of the molecule is COc1ccccc1OCC(=O)Nc1ccc(-c2ccc(N3CCCC3)nn2)cc1. The van der Waals surface area contributed by atoms with Gasteiger partial charge in [0.15, 0.2) is 23.9 Å². The number of benzene rings is 2. The van der Waals surface area contributed by atoms with Gasteiger partial charge in [-0.25, -0.2) is 0 Å². The van der Waals surface area contributed by atoms with Gasteiger partial charge in [-0.3, -0.25) is 4.79 Å². The summed E-state index contributed by atoms with van der Waals surface area (Å²) in [6.45, 7) is 1.98. The third-order valence-electron chi connectivity index (χ3n) is 4.97. The minimum Gasteiger partial charge on any atom is -0.493 e. The second-order valence-electron chi connectivity index (χ2n) is 7.04. The van der Waals surface area contributed by atoms with Crippen LogP contribution in [-0.2, 0) is 4.79 Å². The van der Waals surface area contributed by atoms with E-state index in [1.54, 1.807) is 19.2 Å². The van der Waals surface area contributed by atoms with E-state index in [1.165, 1.54) is 12.8 Å². The van der Waals surface area contributed by atoms with Crippen LogP contribution in [0, 0.1) is 0 Å². The van der Waals surface area contributed by atoms with Gasteiger partial charge in [0.25, 0.3) is 5.91 Å². The van der Waals surface area contributed by atoms with E-state index in [0.717, 1.165) is 30.2 Å². The minimum atomic E-state index is -0.247. The van der Waals surface area contributed by atoms with E-state index in [9.17, 15) is 4.79 Å². The normalized spacial score (nSPS) is 13.2. The lowest BCUT2D eigenvalue weighted by atomic mass is 10.1. The molecule has 154 valence electrons. The highest BCUT2D eigenvalue weighted by molar-refractivity contribution is 5.92. The number of para-hydroxylation sites is 2. The van der Waals surface area contributed by atoms with Crippen LogP contribution in [0.5, 0.6) is 11.5 Å². The quantitative estimate of drug-likeness (QED) is 0.646. The summed E-state index contributed by atoms with van der Waals surface area (Å²) in [5, 5.41) is 11.5. The van der Waals surface area contributed by atoms with Gasteiger partial charge in [0, 0.05) is 24.3 Å². The van der Waals surface area contributed by atoms with Crippen LogP contribution in [0.4, 0.5) is 11.5 Å².